The van der Waals surface area contributed by atoms with Crippen molar-refractivity contribution in [3.8, 4) is 5.75 Å². The second-order valence-corrected chi connectivity index (χ2v) is 5.24. The van der Waals surface area contributed by atoms with Crippen LogP contribution in [0.4, 0.5) is 0 Å². The SMILES string of the molecule is CCNC(CCc1ccc(OC)cc1)C1CCC1. The number of rotatable bonds is 7. The fourth-order valence-corrected chi connectivity index (χ4v) is 2.72. The van der Waals surface area contributed by atoms with Crippen LogP contribution in [0.3, 0.4) is 0 Å². The molecule has 1 aromatic carbocycles. The molecule has 1 aliphatic carbocycles. The van der Waals surface area contributed by atoms with Crippen molar-refractivity contribution >= 4 is 0 Å². The van der Waals surface area contributed by atoms with Crippen molar-refractivity contribution in [1.82, 2.24) is 5.32 Å². The highest BCUT2D eigenvalue weighted by atomic mass is 16.5. The molecule has 2 nitrogen and oxygen atoms in total. The number of benzene rings is 1. The number of hydrogen-bond acceptors (Lipinski definition) is 2. The minimum atomic E-state index is 0.714. The van der Waals surface area contributed by atoms with Crippen molar-refractivity contribution in [3.63, 3.8) is 0 Å². The van der Waals surface area contributed by atoms with Crippen molar-refractivity contribution in [1.29, 1.82) is 0 Å². The average molecular weight is 247 g/mol. The lowest BCUT2D eigenvalue weighted by molar-refractivity contribution is 0.222. The van der Waals surface area contributed by atoms with Crippen molar-refractivity contribution in [2.75, 3.05) is 13.7 Å². The highest BCUT2D eigenvalue weighted by Crippen LogP contribution is 2.31. The lowest BCUT2D eigenvalue weighted by Crippen LogP contribution is -2.39. The molecule has 0 heterocycles. The summed E-state index contributed by atoms with van der Waals surface area (Å²) in [7, 11) is 1.72. The summed E-state index contributed by atoms with van der Waals surface area (Å²) in [5.41, 5.74) is 1.41. The first kappa shape index (κ1) is 13.4. The maximum absolute atomic E-state index is 5.19. The summed E-state index contributed by atoms with van der Waals surface area (Å²) < 4.78 is 5.19. The van der Waals surface area contributed by atoms with E-state index in [2.05, 4.69) is 36.5 Å². The van der Waals surface area contributed by atoms with Gasteiger partial charge in [-0.1, -0.05) is 25.5 Å². The molecule has 1 atom stereocenters. The summed E-state index contributed by atoms with van der Waals surface area (Å²) >= 11 is 0. The van der Waals surface area contributed by atoms with Crippen LogP contribution in [-0.4, -0.2) is 19.7 Å². The second kappa shape index (κ2) is 6.79. The number of aryl methyl sites for hydroxylation is 1. The Morgan fingerprint density at radius 1 is 1.28 bits per heavy atom. The standard InChI is InChI=1S/C16H25NO/c1-3-17-16(14-5-4-6-14)12-9-13-7-10-15(18-2)11-8-13/h7-8,10-11,14,16-17H,3-6,9,12H2,1-2H3. The lowest BCUT2D eigenvalue weighted by Gasteiger charge is -2.34. The van der Waals surface area contributed by atoms with E-state index in [0.29, 0.717) is 6.04 Å². The molecule has 0 bridgehead atoms. The summed E-state index contributed by atoms with van der Waals surface area (Å²) in [4.78, 5) is 0. The van der Waals surface area contributed by atoms with Gasteiger partial charge in [-0.3, -0.25) is 0 Å². The van der Waals surface area contributed by atoms with Gasteiger partial charge in [0.1, 0.15) is 5.75 Å². The van der Waals surface area contributed by atoms with Gasteiger partial charge in [0.15, 0.2) is 0 Å². The van der Waals surface area contributed by atoms with Crippen LogP contribution in [0.15, 0.2) is 24.3 Å². The van der Waals surface area contributed by atoms with Crippen molar-refractivity contribution in [2.24, 2.45) is 5.92 Å². The van der Waals surface area contributed by atoms with Crippen molar-refractivity contribution in [2.45, 2.75) is 45.1 Å². The van der Waals surface area contributed by atoms with Crippen LogP contribution in [0.5, 0.6) is 5.75 Å². The highest BCUT2D eigenvalue weighted by molar-refractivity contribution is 5.27. The number of hydrogen-bond donors (Lipinski definition) is 1. The molecule has 0 aliphatic heterocycles. The first-order valence-electron chi connectivity index (χ1n) is 7.19. The van der Waals surface area contributed by atoms with Crippen LogP contribution < -0.4 is 10.1 Å². The Morgan fingerprint density at radius 2 is 2.00 bits per heavy atom. The van der Waals surface area contributed by atoms with Crippen molar-refractivity contribution < 1.29 is 4.74 Å². The molecule has 0 amide bonds. The molecule has 0 saturated heterocycles. The Morgan fingerprint density at radius 3 is 2.50 bits per heavy atom. The average Bonchev–Trinajstić information content (AvgIpc) is 2.35. The van der Waals surface area contributed by atoms with Gasteiger partial charge >= 0.3 is 0 Å². The smallest absolute Gasteiger partial charge is 0.118 e. The van der Waals surface area contributed by atoms with Crippen LogP contribution in [-0.2, 0) is 6.42 Å². The molecule has 1 saturated carbocycles. The molecule has 18 heavy (non-hydrogen) atoms. The molecular weight excluding hydrogens is 222 g/mol. The maximum atomic E-state index is 5.19. The Bertz CT molecular complexity index is 343. The van der Waals surface area contributed by atoms with Gasteiger partial charge in [0.05, 0.1) is 7.11 Å². The Hall–Kier alpha value is -1.02. The van der Waals surface area contributed by atoms with Crippen molar-refractivity contribution in [3.05, 3.63) is 29.8 Å². The normalized spacial score (nSPS) is 17.2. The quantitative estimate of drug-likeness (QED) is 0.797. The van der Waals surface area contributed by atoms with Gasteiger partial charge in [-0.15, -0.1) is 0 Å². The molecule has 1 unspecified atom stereocenters. The van der Waals surface area contributed by atoms with Gasteiger partial charge in [0.2, 0.25) is 0 Å². The van der Waals surface area contributed by atoms with E-state index in [1.54, 1.807) is 7.11 Å². The summed E-state index contributed by atoms with van der Waals surface area (Å²) in [6.07, 6.45) is 6.68. The van der Waals surface area contributed by atoms with Gasteiger partial charge < -0.3 is 10.1 Å². The van der Waals surface area contributed by atoms with Crippen LogP contribution in [0.2, 0.25) is 0 Å². The van der Waals surface area contributed by atoms with E-state index >= 15 is 0 Å². The minimum Gasteiger partial charge on any atom is -0.497 e. The van der Waals surface area contributed by atoms with Crippen LogP contribution in [0, 0.1) is 5.92 Å². The summed E-state index contributed by atoms with van der Waals surface area (Å²) in [5.74, 6) is 1.86. The summed E-state index contributed by atoms with van der Waals surface area (Å²) in [6, 6.07) is 9.19. The van der Waals surface area contributed by atoms with Gasteiger partial charge in [-0.05, 0) is 55.8 Å². The third-order valence-electron chi connectivity index (χ3n) is 4.09. The van der Waals surface area contributed by atoms with E-state index in [4.69, 9.17) is 4.74 Å². The van der Waals surface area contributed by atoms with Gasteiger partial charge in [0, 0.05) is 6.04 Å². The molecule has 2 heteroatoms. The summed E-state index contributed by atoms with van der Waals surface area (Å²) in [5, 5.41) is 3.65. The van der Waals surface area contributed by atoms with Gasteiger partial charge in [-0.25, -0.2) is 0 Å². The van der Waals surface area contributed by atoms with E-state index in [1.165, 1.54) is 31.2 Å². The number of ether oxygens (including phenoxy) is 1. The predicted octanol–water partition coefficient (Wildman–Crippen LogP) is 3.41. The highest BCUT2D eigenvalue weighted by Gasteiger charge is 2.25. The third-order valence-corrected chi connectivity index (χ3v) is 4.09. The van der Waals surface area contributed by atoms with Crippen LogP contribution >= 0.6 is 0 Å². The van der Waals surface area contributed by atoms with E-state index in [-0.39, 0.29) is 0 Å². The maximum Gasteiger partial charge on any atom is 0.118 e. The van der Waals surface area contributed by atoms with E-state index < -0.39 is 0 Å². The van der Waals surface area contributed by atoms with Gasteiger partial charge in [-0.2, -0.15) is 0 Å². The Balaban J connectivity index is 1.83. The predicted molar refractivity (Wildman–Crippen MR) is 76.1 cm³/mol. The molecule has 0 radical (unpaired) electrons. The van der Waals surface area contributed by atoms with Crippen LogP contribution in [0.25, 0.3) is 0 Å². The summed E-state index contributed by atoms with van der Waals surface area (Å²) in [6.45, 7) is 3.29. The fraction of sp³-hybridized carbons (Fsp3) is 0.625. The molecule has 1 aliphatic rings. The molecule has 2 rings (SSSR count). The monoisotopic (exact) mass is 247 g/mol. The van der Waals surface area contributed by atoms with E-state index in [0.717, 1.165) is 24.6 Å². The Labute approximate surface area is 111 Å². The van der Waals surface area contributed by atoms with E-state index in [9.17, 15) is 0 Å². The molecule has 100 valence electrons. The topological polar surface area (TPSA) is 21.3 Å². The molecule has 1 N–H and O–H groups in total. The first-order chi connectivity index (χ1) is 8.83. The molecule has 0 spiro atoms. The largest absolute Gasteiger partial charge is 0.497 e. The number of nitrogens with one attached hydrogen (secondary N) is 1. The second-order valence-electron chi connectivity index (χ2n) is 5.24. The minimum absolute atomic E-state index is 0.714. The lowest BCUT2D eigenvalue weighted by atomic mass is 9.78. The number of methoxy groups -OCH3 is 1. The zero-order valence-electron chi connectivity index (χ0n) is 11.6. The van der Waals surface area contributed by atoms with Crippen LogP contribution in [0.1, 0.15) is 38.2 Å². The molecule has 1 aromatic rings. The molecular formula is C16H25NO. The first-order valence-corrected chi connectivity index (χ1v) is 7.19. The molecule has 0 aromatic heterocycles. The fourth-order valence-electron chi connectivity index (χ4n) is 2.72. The van der Waals surface area contributed by atoms with E-state index in [1.807, 2.05) is 0 Å². The zero-order chi connectivity index (χ0) is 12.8. The third kappa shape index (κ3) is 3.49. The Kier molecular flexibility index (Phi) is 5.06. The molecule has 1 fully saturated rings. The van der Waals surface area contributed by atoms with Gasteiger partial charge in [0.25, 0.3) is 0 Å². The zero-order valence-corrected chi connectivity index (χ0v) is 11.6.